The van der Waals surface area contributed by atoms with E-state index in [1.807, 2.05) is 7.05 Å². The van der Waals surface area contributed by atoms with Crippen molar-refractivity contribution in [2.45, 2.75) is 18.6 Å². The standard InChI is InChI=1S/C16H21FN2O2/c1-18-7-4-8-19(2)13(10-18)15(20)14-9-11-5-3-6-12(17)16(11)21-14/h3,5-6,9,13,15,20H,4,7-8,10H2,1-2H3. The lowest BCUT2D eigenvalue weighted by Gasteiger charge is -2.30. The SMILES string of the molecule is CN1CCCN(C)C(C(O)c2cc3cccc(F)c3o2)C1. The quantitative estimate of drug-likeness (QED) is 0.921. The molecule has 0 spiro atoms. The molecule has 1 aromatic heterocycles. The Labute approximate surface area is 123 Å². The van der Waals surface area contributed by atoms with Crippen LogP contribution in [-0.4, -0.2) is 54.7 Å². The van der Waals surface area contributed by atoms with Gasteiger partial charge in [0.1, 0.15) is 11.9 Å². The summed E-state index contributed by atoms with van der Waals surface area (Å²) in [5.41, 5.74) is 0.219. The maximum absolute atomic E-state index is 13.7. The van der Waals surface area contributed by atoms with Crippen LogP contribution in [0.1, 0.15) is 18.3 Å². The molecular formula is C16H21FN2O2. The van der Waals surface area contributed by atoms with Crippen molar-refractivity contribution in [3.63, 3.8) is 0 Å². The summed E-state index contributed by atoms with van der Waals surface area (Å²) in [6, 6.07) is 6.49. The van der Waals surface area contributed by atoms with Crippen LogP contribution in [0.2, 0.25) is 0 Å². The first-order valence-corrected chi connectivity index (χ1v) is 7.31. The Balaban J connectivity index is 1.91. The molecule has 1 saturated heterocycles. The fourth-order valence-corrected chi connectivity index (χ4v) is 3.03. The third kappa shape index (κ3) is 2.81. The van der Waals surface area contributed by atoms with Crippen molar-refractivity contribution < 1.29 is 13.9 Å². The van der Waals surface area contributed by atoms with Crippen molar-refractivity contribution in [2.75, 3.05) is 33.7 Å². The van der Waals surface area contributed by atoms with Gasteiger partial charge in [-0.1, -0.05) is 12.1 Å². The third-order valence-electron chi connectivity index (χ3n) is 4.29. The minimum Gasteiger partial charge on any atom is -0.455 e. The van der Waals surface area contributed by atoms with E-state index >= 15 is 0 Å². The Morgan fingerprint density at radius 1 is 1.33 bits per heavy atom. The van der Waals surface area contributed by atoms with E-state index in [1.165, 1.54) is 6.07 Å². The van der Waals surface area contributed by atoms with Gasteiger partial charge in [0.25, 0.3) is 0 Å². The average Bonchev–Trinajstić information content (AvgIpc) is 2.82. The highest BCUT2D eigenvalue weighted by Gasteiger charge is 2.30. The highest BCUT2D eigenvalue weighted by atomic mass is 19.1. The fraction of sp³-hybridized carbons (Fsp3) is 0.500. The number of aliphatic hydroxyl groups excluding tert-OH is 1. The predicted octanol–water partition coefficient (Wildman–Crippen LogP) is 2.24. The first kappa shape index (κ1) is 14.5. The van der Waals surface area contributed by atoms with Gasteiger partial charge in [-0.25, -0.2) is 4.39 Å². The zero-order valence-corrected chi connectivity index (χ0v) is 12.4. The molecule has 0 aliphatic carbocycles. The molecule has 3 rings (SSSR count). The second-order valence-electron chi connectivity index (χ2n) is 5.92. The van der Waals surface area contributed by atoms with Crippen LogP contribution >= 0.6 is 0 Å². The van der Waals surface area contributed by atoms with E-state index in [4.69, 9.17) is 4.42 Å². The molecule has 21 heavy (non-hydrogen) atoms. The number of aliphatic hydroxyl groups is 1. The minimum absolute atomic E-state index is 0.0545. The van der Waals surface area contributed by atoms with Crippen LogP contribution in [0.5, 0.6) is 0 Å². The maximum atomic E-state index is 13.7. The molecule has 1 fully saturated rings. The van der Waals surface area contributed by atoms with Crippen LogP contribution in [0.3, 0.4) is 0 Å². The second-order valence-corrected chi connectivity index (χ2v) is 5.92. The molecule has 2 aromatic rings. The number of hydrogen-bond acceptors (Lipinski definition) is 4. The summed E-state index contributed by atoms with van der Waals surface area (Å²) in [5.74, 6) is 0.0412. The van der Waals surface area contributed by atoms with Crippen LogP contribution in [0.25, 0.3) is 11.0 Å². The molecule has 1 aromatic carbocycles. The molecule has 0 amide bonds. The molecule has 4 nitrogen and oxygen atoms in total. The van der Waals surface area contributed by atoms with Crippen molar-refractivity contribution in [2.24, 2.45) is 0 Å². The smallest absolute Gasteiger partial charge is 0.170 e. The van der Waals surface area contributed by atoms with Gasteiger partial charge in [-0.15, -0.1) is 0 Å². The zero-order chi connectivity index (χ0) is 15.0. The minimum atomic E-state index is -0.762. The summed E-state index contributed by atoms with van der Waals surface area (Å²) in [6.45, 7) is 2.71. The Morgan fingerprint density at radius 2 is 2.14 bits per heavy atom. The number of para-hydroxylation sites is 1. The van der Waals surface area contributed by atoms with Crippen LogP contribution in [0, 0.1) is 5.82 Å². The van der Waals surface area contributed by atoms with Gasteiger partial charge in [-0.05, 0) is 45.7 Å². The van der Waals surface area contributed by atoms with Crippen LogP contribution < -0.4 is 0 Å². The van der Waals surface area contributed by atoms with Crippen LogP contribution in [0.15, 0.2) is 28.7 Å². The lowest BCUT2D eigenvalue weighted by atomic mass is 10.1. The van der Waals surface area contributed by atoms with Gasteiger partial charge >= 0.3 is 0 Å². The van der Waals surface area contributed by atoms with E-state index < -0.39 is 11.9 Å². The van der Waals surface area contributed by atoms with Crippen LogP contribution in [0.4, 0.5) is 4.39 Å². The number of rotatable bonds is 2. The number of halogens is 1. The molecule has 0 bridgehead atoms. The van der Waals surface area contributed by atoms with Gasteiger partial charge in [0.05, 0.1) is 6.04 Å². The first-order valence-electron chi connectivity index (χ1n) is 7.31. The van der Waals surface area contributed by atoms with Crippen molar-refractivity contribution in [1.29, 1.82) is 0 Å². The van der Waals surface area contributed by atoms with E-state index in [2.05, 4.69) is 16.8 Å². The van der Waals surface area contributed by atoms with Gasteiger partial charge in [-0.2, -0.15) is 0 Å². The molecular weight excluding hydrogens is 271 g/mol. The highest BCUT2D eigenvalue weighted by molar-refractivity contribution is 5.78. The molecule has 114 valence electrons. The molecule has 0 radical (unpaired) electrons. The summed E-state index contributed by atoms with van der Waals surface area (Å²) >= 11 is 0. The normalized spacial score (nSPS) is 23.3. The van der Waals surface area contributed by atoms with Gasteiger partial charge in [-0.3, -0.25) is 4.90 Å². The average molecular weight is 292 g/mol. The summed E-state index contributed by atoms with van der Waals surface area (Å²) in [6.07, 6.45) is 0.313. The van der Waals surface area contributed by atoms with Crippen molar-refractivity contribution >= 4 is 11.0 Å². The Bertz CT molecular complexity index is 628. The topological polar surface area (TPSA) is 39.9 Å². The molecule has 2 unspecified atom stereocenters. The first-order chi connectivity index (χ1) is 10.1. The number of furan rings is 1. The molecule has 1 N–H and O–H groups in total. The lowest BCUT2D eigenvalue weighted by Crippen LogP contribution is -2.42. The molecule has 1 aliphatic heterocycles. The summed E-state index contributed by atoms with van der Waals surface area (Å²) < 4.78 is 19.3. The number of hydrogen-bond donors (Lipinski definition) is 1. The molecule has 2 heterocycles. The Kier molecular flexibility index (Phi) is 3.97. The summed E-state index contributed by atoms with van der Waals surface area (Å²) in [4.78, 5) is 4.36. The molecule has 5 heteroatoms. The number of nitrogens with zero attached hydrogens (tertiary/aromatic N) is 2. The van der Waals surface area contributed by atoms with Crippen molar-refractivity contribution in [3.05, 3.63) is 35.8 Å². The van der Waals surface area contributed by atoms with E-state index in [-0.39, 0.29) is 11.6 Å². The van der Waals surface area contributed by atoms with Gasteiger partial charge in [0, 0.05) is 11.9 Å². The van der Waals surface area contributed by atoms with Gasteiger partial charge < -0.3 is 14.4 Å². The lowest BCUT2D eigenvalue weighted by molar-refractivity contribution is 0.0431. The van der Waals surface area contributed by atoms with Gasteiger partial charge in [0.2, 0.25) is 0 Å². The number of fused-ring (bicyclic) bond motifs is 1. The van der Waals surface area contributed by atoms with E-state index in [0.29, 0.717) is 11.1 Å². The summed E-state index contributed by atoms with van der Waals surface area (Å²) in [5, 5.41) is 11.4. The molecule has 2 atom stereocenters. The predicted molar refractivity (Wildman–Crippen MR) is 79.7 cm³/mol. The Morgan fingerprint density at radius 3 is 2.90 bits per heavy atom. The van der Waals surface area contributed by atoms with Crippen molar-refractivity contribution in [3.8, 4) is 0 Å². The Hall–Kier alpha value is -1.43. The van der Waals surface area contributed by atoms with E-state index in [0.717, 1.165) is 26.1 Å². The largest absolute Gasteiger partial charge is 0.455 e. The number of likely N-dealkylation sites (N-methyl/N-ethyl adjacent to an activating group) is 2. The molecule has 1 aliphatic rings. The maximum Gasteiger partial charge on any atom is 0.170 e. The number of benzene rings is 1. The van der Waals surface area contributed by atoms with Crippen molar-refractivity contribution in [1.82, 2.24) is 9.80 Å². The van der Waals surface area contributed by atoms with Gasteiger partial charge in [0.15, 0.2) is 11.4 Å². The second kappa shape index (κ2) is 5.75. The highest BCUT2D eigenvalue weighted by Crippen LogP contribution is 2.29. The van der Waals surface area contributed by atoms with E-state index in [1.54, 1.807) is 18.2 Å². The molecule has 0 saturated carbocycles. The van der Waals surface area contributed by atoms with Crippen LogP contribution in [-0.2, 0) is 0 Å². The fourth-order valence-electron chi connectivity index (χ4n) is 3.03. The monoisotopic (exact) mass is 292 g/mol. The van der Waals surface area contributed by atoms with E-state index in [9.17, 15) is 9.50 Å². The zero-order valence-electron chi connectivity index (χ0n) is 12.4. The summed E-state index contributed by atoms with van der Waals surface area (Å²) in [7, 11) is 4.06. The third-order valence-corrected chi connectivity index (χ3v) is 4.29.